The Morgan fingerprint density at radius 2 is 1.97 bits per heavy atom. The summed E-state index contributed by atoms with van der Waals surface area (Å²) in [5, 5.41) is 16.2. The van der Waals surface area contributed by atoms with Crippen LogP contribution in [0.5, 0.6) is 0 Å². The van der Waals surface area contributed by atoms with Crippen LogP contribution >= 0.6 is 31.9 Å². The number of carbonyl (C=O) groups is 2. The normalized spacial score (nSPS) is 14.9. The second-order valence-electron chi connectivity index (χ2n) is 7.42. The van der Waals surface area contributed by atoms with Gasteiger partial charge in [-0.25, -0.2) is 4.79 Å². The second kappa shape index (κ2) is 9.40. The topological polar surface area (TPSA) is 87.5 Å². The van der Waals surface area contributed by atoms with E-state index in [4.69, 9.17) is 0 Å². The van der Waals surface area contributed by atoms with Crippen LogP contribution in [0.15, 0.2) is 27.3 Å². The maximum Gasteiger partial charge on any atom is 0.354 e. The third-order valence-electron chi connectivity index (χ3n) is 5.38. The van der Waals surface area contributed by atoms with Gasteiger partial charge < -0.3 is 10.4 Å². The highest BCUT2D eigenvalue weighted by atomic mass is 79.9. The Morgan fingerprint density at radius 3 is 2.62 bits per heavy atom. The molecule has 1 saturated carbocycles. The van der Waals surface area contributed by atoms with Crippen molar-refractivity contribution in [2.24, 2.45) is 7.05 Å². The Balaban J connectivity index is 1.87. The number of halogens is 2. The van der Waals surface area contributed by atoms with Gasteiger partial charge in [0.15, 0.2) is 5.69 Å². The summed E-state index contributed by atoms with van der Waals surface area (Å²) in [6.45, 7) is 0.678. The zero-order chi connectivity index (χ0) is 21.1. The number of nitrogens with zero attached hydrogens (tertiary/aromatic N) is 3. The molecule has 7 nitrogen and oxygen atoms in total. The summed E-state index contributed by atoms with van der Waals surface area (Å²) < 4.78 is 2.82. The minimum Gasteiger partial charge on any atom is -0.477 e. The Morgan fingerprint density at radius 1 is 1.28 bits per heavy atom. The molecule has 1 fully saturated rings. The molecule has 1 aliphatic rings. The number of amides is 1. The summed E-state index contributed by atoms with van der Waals surface area (Å²) in [4.78, 5) is 26.7. The number of nitrogens with one attached hydrogen (secondary N) is 1. The summed E-state index contributed by atoms with van der Waals surface area (Å²) in [6, 6.07) is 4.38. The van der Waals surface area contributed by atoms with Gasteiger partial charge in [0.1, 0.15) is 0 Å². The summed E-state index contributed by atoms with van der Waals surface area (Å²) in [5.41, 5.74) is 1.48. The van der Waals surface area contributed by atoms with Gasteiger partial charge in [0, 0.05) is 28.6 Å². The number of rotatable bonds is 6. The van der Waals surface area contributed by atoms with Crippen LogP contribution in [-0.2, 0) is 13.6 Å². The predicted octanol–water partition coefficient (Wildman–Crippen LogP) is 4.66. The number of aryl methyl sites for hydroxylation is 1. The van der Waals surface area contributed by atoms with Gasteiger partial charge in [-0.1, -0.05) is 35.2 Å². The highest BCUT2D eigenvalue weighted by molar-refractivity contribution is 9.11. The molecule has 0 saturated heterocycles. The van der Waals surface area contributed by atoms with Gasteiger partial charge >= 0.3 is 5.97 Å². The predicted molar refractivity (Wildman–Crippen MR) is 118 cm³/mol. The molecule has 1 aromatic heterocycles. The van der Waals surface area contributed by atoms with Gasteiger partial charge in [-0.15, -0.1) is 0 Å². The average Bonchev–Trinajstić information content (AvgIpc) is 3.07. The van der Waals surface area contributed by atoms with E-state index in [-0.39, 0.29) is 11.3 Å². The first-order valence-electron chi connectivity index (χ1n) is 9.52. The average molecular weight is 528 g/mol. The van der Waals surface area contributed by atoms with Crippen LogP contribution in [0.4, 0.5) is 5.69 Å². The number of carboxylic acid groups (broad SMARTS) is 1. The highest BCUT2D eigenvalue weighted by Gasteiger charge is 2.24. The molecule has 1 aromatic carbocycles. The van der Waals surface area contributed by atoms with Crippen LogP contribution in [0.3, 0.4) is 0 Å². The van der Waals surface area contributed by atoms with Crippen molar-refractivity contribution in [1.82, 2.24) is 14.7 Å². The smallest absolute Gasteiger partial charge is 0.354 e. The monoisotopic (exact) mass is 526 g/mol. The largest absolute Gasteiger partial charge is 0.477 e. The van der Waals surface area contributed by atoms with Gasteiger partial charge in [-0.3, -0.25) is 14.4 Å². The van der Waals surface area contributed by atoms with Crippen LogP contribution in [0.1, 0.15) is 58.5 Å². The molecular formula is C20H24Br2N4O3. The van der Waals surface area contributed by atoms with Crippen LogP contribution in [0.2, 0.25) is 0 Å². The summed E-state index contributed by atoms with van der Waals surface area (Å²) in [6.07, 6.45) is 7.44. The lowest BCUT2D eigenvalue weighted by atomic mass is 9.94. The van der Waals surface area contributed by atoms with Gasteiger partial charge in [-0.2, -0.15) is 5.10 Å². The molecule has 1 aliphatic carbocycles. The minimum absolute atomic E-state index is 0.0291. The van der Waals surface area contributed by atoms with E-state index in [1.54, 1.807) is 0 Å². The number of aromatic nitrogens is 2. The van der Waals surface area contributed by atoms with Crippen LogP contribution in [0, 0.1) is 0 Å². The minimum atomic E-state index is -1.19. The van der Waals surface area contributed by atoms with E-state index in [1.807, 2.05) is 12.1 Å². The first-order valence-corrected chi connectivity index (χ1v) is 11.1. The maximum absolute atomic E-state index is 12.9. The number of benzene rings is 1. The zero-order valence-corrected chi connectivity index (χ0v) is 19.6. The number of anilines is 1. The van der Waals surface area contributed by atoms with E-state index in [2.05, 4.69) is 54.2 Å². The lowest BCUT2D eigenvalue weighted by Crippen LogP contribution is -2.33. The van der Waals surface area contributed by atoms with Crippen LogP contribution in [-0.4, -0.2) is 44.8 Å². The van der Waals surface area contributed by atoms with Gasteiger partial charge in [0.2, 0.25) is 0 Å². The van der Waals surface area contributed by atoms with Gasteiger partial charge in [-0.05, 0) is 53.5 Å². The fourth-order valence-electron chi connectivity index (χ4n) is 3.85. The molecule has 0 atom stereocenters. The van der Waals surface area contributed by atoms with Crippen molar-refractivity contribution >= 4 is 49.4 Å². The van der Waals surface area contributed by atoms with E-state index in [0.29, 0.717) is 18.3 Å². The fraction of sp³-hybridized carbons (Fsp3) is 0.450. The Kier molecular flexibility index (Phi) is 7.13. The van der Waals surface area contributed by atoms with Gasteiger partial charge in [0.25, 0.3) is 5.91 Å². The Labute approximate surface area is 186 Å². The van der Waals surface area contributed by atoms with Crippen molar-refractivity contribution in [2.75, 3.05) is 12.4 Å². The number of hydrogen-bond donors (Lipinski definition) is 2. The lowest BCUT2D eigenvalue weighted by molar-refractivity contribution is 0.0680. The SMILES string of the molecule is CN(Cc1cc(Br)cc(Br)c1NC(=O)c1cnn(C)c1C(=O)O)C1CCCCC1. The Hall–Kier alpha value is -1.71. The van der Waals surface area contributed by atoms with Crippen molar-refractivity contribution in [2.45, 2.75) is 44.7 Å². The molecule has 29 heavy (non-hydrogen) atoms. The lowest BCUT2D eigenvalue weighted by Gasteiger charge is -2.32. The maximum atomic E-state index is 12.9. The van der Waals surface area contributed by atoms with Crippen molar-refractivity contribution in [3.8, 4) is 0 Å². The summed E-state index contributed by atoms with van der Waals surface area (Å²) >= 11 is 7.06. The molecule has 0 aliphatic heterocycles. The highest BCUT2D eigenvalue weighted by Crippen LogP contribution is 2.33. The molecule has 1 heterocycles. The Bertz CT molecular complexity index is 923. The van der Waals surface area contributed by atoms with Gasteiger partial charge in [0.05, 0.1) is 17.4 Å². The third-order valence-corrected chi connectivity index (χ3v) is 6.46. The van der Waals surface area contributed by atoms with E-state index in [1.165, 1.54) is 50.0 Å². The fourth-order valence-corrected chi connectivity index (χ4v) is 5.26. The number of carbonyl (C=O) groups excluding carboxylic acids is 1. The standard InChI is InChI=1S/C20H24Br2N4O3/c1-25(14-6-4-3-5-7-14)11-12-8-13(21)9-16(22)17(12)24-19(27)15-10-23-26(2)18(15)20(28)29/h8-10,14H,3-7,11H2,1-2H3,(H,24,27)(H,28,29). The molecule has 9 heteroatoms. The number of hydrogen-bond acceptors (Lipinski definition) is 4. The third kappa shape index (κ3) is 5.07. The molecule has 1 amide bonds. The summed E-state index contributed by atoms with van der Waals surface area (Å²) in [7, 11) is 3.61. The number of aromatic carboxylic acids is 1. The molecule has 0 unspecified atom stereocenters. The van der Waals surface area contributed by atoms with E-state index in [0.717, 1.165) is 14.5 Å². The van der Waals surface area contributed by atoms with E-state index < -0.39 is 11.9 Å². The van der Waals surface area contributed by atoms with Crippen molar-refractivity contribution in [3.63, 3.8) is 0 Å². The molecule has 3 rings (SSSR count). The van der Waals surface area contributed by atoms with E-state index >= 15 is 0 Å². The molecular weight excluding hydrogens is 504 g/mol. The van der Waals surface area contributed by atoms with Crippen LogP contribution < -0.4 is 5.32 Å². The quantitative estimate of drug-likeness (QED) is 0.570. The second-order valence-corrected chi connectivity index (χ2v) is 9.19. The first kappa shape index (κ1) is 22.0. The molecule has 2 N–H and O–H groups in total. The van der Waals surface area contributed by atoms with Crippen LogP contribution in [0.25, 0.3) is 0 Å². The first-order chi connectivity index (χ1) is 13.8. The van der Waals surface area contributed by atoms with Crippen molar-refractivity contribution in [3.05, 3.63) is 44.1 Å². The van der Waals surface area contributed by atoms with E-state index in [9.17, 15) is 14.7 Å². The molecule has 156 valence electrons. The molecule has 2 aromatic rings. The molecule has 0 spiro atoms. The molecule has 0 bridgehead atoms. The van der Waals surface area contributed by atoms with Crippen molar-refractivity contribution in [1.29, 1.82) is 0 Å². The number of carboxylic acids is 1. The zero-order valence-electron chi connectivity index (χ0n) is 16.4. The van der Waals surface area contributed by atoms with Crippen molar-refractivity contribution < 1.29 is 14.7 Å². The summed E-state index contributed by atoms with van der Waals surface area (Å²) in [5.74, 6) is -1.69. The molecule has 0 radical (unpaired) electrons.